The molecule has 0 radical (unpaired) electrons. The SMILES string of the molecule is COc1ccccc1CCNC1CN2CCC1CC2. The number of ether oxygens (including phenoxy) is 1. The fraction of sp³-hybridized carbons (Fsp3) is 0.625. The van der Waals surface area contributed by atoms with Gasteiger partial charge in [-0.1, -0.05) is 18.2 Å². The Morgan fingerprint density at radius 1 is 1.26 bits per heavy atom. The first-order chi connectivity index (χ1) is 9.36. The van der Waals surface area contributed by atoms with Gasteiger partial charge in [0.2, 0.25) is 0 Å². The van der Waals surface area contributed by atoms with E-state index in [1.54, 1.807) is 7.11 Å². The molecule has 1 unspecified atom stereocenters. The van der Waals surface area contributed by atoms with E-state index in [4.69, 9.17) is 4.74 Å². The summed E-state index contributed by atoms with van der Waals surface area (Å²) in [4.78, 5) is 2.60. The lowest BCUT2D eigenvalue weighted by molar-refractivity contribution is 0.0731. The highest BCUT2D eigenvalue weighted by molar-refractivity contribution is 5.33. The molecular weight excluding hydrogens is 236 g/mol. The Balaban J connectivity index is 1.50. The molecule has 3 aliphatic rings. The Morgan fingerprint density at radius 2 is 2.05 bits per heavy atom. The molecule has 3 saturated heterocycles. The van der Waals surface area contributed by atoms with Gasteiger partial charge >= 0.3 is 0 Å². The van der Waals surface area contributed by atoms with E-state index in [2.05, 4.69) is 22.3 Å². The topological polar surface area (TPSA) is 24.5 Å². The highest BCUT2D eigenvalue weighted by Crippen LogP contribution is 2.27. The molecule has 3 nitrogen and oxygen atoms in total. The maximum atomic E-state index is 5.40. The van der Waals surface area contributed by atoms with E-state index in [1.807, 2.05) is 12.1 Å². The van der Waals surface area contributed by atoms with Crippen molar-refractivity contribution in [1.29, 1.82) is 0 Å². The largest absolute Gasteiger partial charge is 0.496 e. The summed E-state index contributed by atoms with van der Waals surface area (Å²) in [5, 5.41) is 3.76. The molecule has 1 aromatic carbocycles. The zero-order valence-electron chi connectivity index (χ0n) is 11.8. The number of rotatable bonds is 5. The molecule has 0 saturated carbocycles. The van der Waals surface area contributed by atoms with Gasteiger partial charge in [0.05, 0.1) is 7.11 Å². The van der Waals surface area contributed by atoms with Gasteiger partial charge in [0.15, 0.2) is 0 Å². The van der Waals surface area contributed by atoms with Crippen LogP contribution in [0, 0.1) is 5.92 Å². The third-order valence-electron chi connectivity index (χ3n) is 4.65. The van der Waals surface area contributed by atoms with Crippen LogP contribution in [0.4, 0.5) is 0 Å². The molecule has 3 heteroatoms. The van der Waals surface area contributed by atoms with Crippen molar-refractivity contribution in [2.45, 2.75) is 25.3 Å². The molecule has 3 aliphatic heterocycles. The van der Waals surface area contributed by atoms with E-state index in [9.17, 15) is 0 Å². The fourth-order valence-corrected chi connectivity index (χ4v) is 3.50. The molecule has 4 rings (SSSR count). The van der Waals surface area contributed by atoms with E-state index in [0.29, 0.717) is 6.04 Å². The number of nitrogens with one attached hydrogen (secondary N) is 1. The third kappa shape index (κ3) is 2.93. The second-order valence-electron chi connectivity index (χ2n) is 5.76. The predicted octanol–water partition coefficient (Wildman–Crippen LogP) is 1.92. The van der Waals surface area contributed by atoms with Crippen molar-refractivity contribution in [2.75, 3.05) is 33.3 Å². The maximum Gasteiger partial charge on any atom is 0.122 e. The smallest absolute Gasteiger partial charge is 0.122 e. The number of methoxy groups -OCH3 is 1. The lowest BCUT2D eigenvalue weighted by Gasteiger charge is -2.45. The lowest BCUT2D eigenvalue weighted by atomic mass is 9.84. The summed E-state index contributed by atoms with van der Waals surface area (Å²) in [6, 6.07) is 9.04. The number of benzene rings is 1. The molecule has 2 bridgehead atoms. The highest BCUT2D eigenvalue weighted by Gasteiger charge is 2.33. The minimum Gasteiger partial charge on any atom is -0.496 e. The maximum absolute atomic E-state index is 5.40. The first-order valence-electron chi connectivity index (χ1n) is 7.44. The van der Waals surface area contributed by atoms with Gasteiger partial charge in [-0.2, -0.15) is 0 Å². The number of fused-ring (bicyclic) bond motifs is 3. The van der Waals surface area contributed by atoms with Crippen LogP contribution in [0.3, 0.4) is 0 Å². The van der Waals surface area contributed by atoms with Crippen LogP contribution in [0.5, 0.6) is 5.75 Å². The van der Waals surface area contributed by atoms with Crippen molar-refractivity contribution in [1.82, 2.24) is 10.2 Å². The highest BCUT2D eigenvalue weighted by atomic mass is 16.5. The van der Waals surface area contributed by atoms with E-state index in [-0.39, 0.29) is 0 Å². The van der Waals surface area contributed by atoms with Crippen molar-refractivity contribution in [3.63, 3.8) is 0 Å². The van der Waals surface area contributed by atoms with Crippen LogP contribution in [-0.4, -0.2) is 44.2 Å². The van der Waals surface area contributed by atoms with Crippen molar-refractivity contribution < 1.29 is 4.74 Å². The minimum absolute atomic E-state index is 0.706. The Morgan fingerprint density at radius 3 is 2.74 bits per heavy atom. The average Bonchev–Trinajstić information content (AvgIpc) is 2.49. The normalized spacial score (nSPS) is 29.4. The van der Waals surface area contributed by atoms with E-state index < -0.39 is 0 Å². The molecule has 0 amide bonds. The number of nitrogens with zero attached hydrogens (tertiary/aromatic N) is 1. The third-order valence-corrected chi connectivity index (χ3v) is 4.65. The molecule has 1 atom stereocenters. The summed E-state index contributed by atoms with van der Waals surface area (Å²) in [5.74, 6) is 1.92. The van der Waals surface area contributed by atoms with Crippen LogP contribution >= 0.6 is 0 Å². The summed E-state index contributed by atoms with van der Waals surface area (Å²) in [6.07, 6.45) is 3.81. The van der Waals surface area contributed by atoms with Crippen molar-refractivity contribution in [3.8, 4) is 5.75 Å². The van der Waals surface area contributed by atoms with Gasteiger partial charge in [-0.05, 0) is 56.4 Å². The van der Waals surface area contributed by atoms with Gasteiger partial charge in [0.25, 0.3) is 0 Å². The second-order valence-corrected chi connectivity index (χ2v) is 5.76. The molecule has 3 fully saturated rings. The monoisotopic (exact) mass is 260 g/mol. The summed E-state index contributed by atoms with van der Waals surface area (Å²) >= 11 is 0. The molecule has 3 heterocycles. The van der Waals surface area contributed by atoms with E-state index >= 15 is 0 Å². The molecule has 0 aromatic heterocycles. The van der Waals surface area contributed by atoms with Crippen molar-refractivity contribution in [2.24, 2.45) is 5.92 Å². The average molecular weight is 260 g/mol. The van der Waals surface area contributed by atoms with Gasteiger partial charge in [-0.15, -0.1) is 0 Å². The Labute approximate surface area is 115 Å². The van der Waals surface area contributed by atoms with Crippen LogP contribution < -0.4 is 10.1 Å². The Bertz CT molecular complexity index is 413. The molecular formula is C16H24N2O. The lowest BCUT2D eigenvalue weighted by Crippen LogP contribution is -2.56. The zero-order valence-corrected chi connectivity index (χ0v) is 11.8. The van der Waals surface area contributed by atoms with Crippen LogP contribution in [0.15, 0.2) is 24.3 Å². The number of hydrogen-bond donors (Lipinski definition) is 1. The van der Waals surface area contributed by atoms with E-state index in [0.717, 1.165) is 24.6 Å². The summed E-state index contributed by atoms with van der Waals surface area (Å²) < 4.78 is 5.40. The van der Waals surface area contributed by atoms with Gasteiger partial charge < -0.3 is 15.0 Å². The Hall–Kier alpha value is -1.06. The van der Waals surface area contributed by atoms with Crippen molar-refractivity contribution >= 4 is 0 Å². The predicted molar refractivity (Wildman–Crippen MR) is 77.7 cm³/mol. The Kier molecular flexibility index (Phi) is 4.04. The van der Waals surface area contributed by atoms with Crippen LogP contribution in [0.2, 0.25) is 0 Å². The van der Waals surface area contributed by atoms with Gasteiger partial charge in [-0.25, -0.2) is 0 Å². The molecule has 1 aromatic rings. The molecule has 1 N–H and O–H groups in total. The summed E-state index contributed by atoms with van der Waals surface area (Å²) in [7, 11) is 1.75. The quantitative estimate of drug-likeness (QED) is 0.875. The number of para-hydroxylation sites is 1. The van der Waals surface area contributed by atoms with Gasteiger partial charge in [0, 0.05) is 12.6 Å². The molecule has 0 aliphatic carbocycles. The molecule has 19 heavy (non-hydrogen) atoms. The fourth-order valence-electron chi connectivity index (χ4n) is 3.50. The molecule has 104 valence electrons. The first kappa shape index (κ1) is 12.9. The first-order valence-corrected chi connectivity index (χ1v) is 7.44. The zero-order chi connectivity index (χ0) is 13.1. The summed E-state index contributed by atoms with van der Waals surface area (Å²) in [6.45, 7) is 4.93. The summed E-state index contributed by atoms with van der Waals surface area (Å²) in [5.41, 5.74) is 1.30. The van der Waals surface area contributed by atoms with Crippen molar-refractivity contribution in [3.05, 3.63) is 29.8 Å². The van der Waals surface area contributed by atoms with E-state index in [1.165, 1.54) is 38.0 Å². The molecule has 0 spiro atoms. The number of hydrogen-bond acceptors (Lipinski definition) is 3. The standard InChI is InChI=1S/C16H24N2O/c1-19-16-5-3-2-4-14(16)6-9-17-15-12-18-10-7-13(15)8-11-18/h2-5,13,15,17H,6-12H2,1H3. The van der Waals surface area contributed by atoms with Gasteiger partial charge in [-0.3, -0.25) is 0 Å². The van der Waals surface area contributed by atoms with Crippen LogP contribution in [-0.2, 0) is 6.42 Å². The minimum atomic E-state index is 0.706. The number of piperidine rings is 3. The van der Waals surface area contributed by atoms with Gasteiger partial charge in [0.1, 0.15) is 5.75 Å². The van der Waals surface area contributed by atoms with Crippen LogP contribution in [0.25, 0.3) is 0 Å². The second kappa shape index (κ2) is 5.93. The van der Waals surface area contributed by atoms with Crippen LogP contribution in [0.1, 0.15) is 18.4 Å².